The maximum Gasteiger partial charge on any atom is 0.334 e. The lowest BCUT2D eigenvalue weighted by molar-refractivity contribution is -0.136. The SMILES string of the molecule is CCCCN1CCC=C(C(=O)OC)C1. The number of rotatable bonds is 4. The van der Waals surface area contributed by atoms with Crippen molar-refractivity contribution in [2.75, 3.05) is 26.7 Å². The number of hydrogen-bond acceptors (Lipinski definition) is 3. The van der Waals surface area contributed by atoms with Gasteiger partial charge in [0.25, 0.3) is 0 Å². The monoisotopic (exact) mass is 197 g/mol. The average molecular weight is 197 g/mol. The molecule has 0 unspecified atom stereocenters. The third-order valence-electron chi connectivity index (χ3n) is 2.51. The average Bonchev–Trinajstić information content (AvgIpc) is 2.25. The molecule has 1 heterocycles. The quantitative estimate of drug-likeness (QED) is 0.641. The van der Waals surface area contributed by atoms with Crippen molar-refractivity contribution in [3.63, 3.8) is 0 Å². The molecule has 0 aliphatic carbocycles. The summed E-state index contributed by atoms with van der Waals surface area (Å²) in [5.74, 6) is -0.175. The molecule has 1 aliphatic heterocycles. The fourth-order valence-corrected chi connectivity index (χ4v) is 1.66. The summed E-state index contributed by atoms with van der Waals surface area (Å²) in [6, 6.07) is 0. The summed E-state index contributed by atoms with van der Waals surface area (Å²) >= 11 is 0. The zero-order valence-corrected chi connectivity index (χ0v) is 9.08. The summed E-state index contributed by atoms with van der Waals surface area (Å²) in [6.07, 6.45) is 5.37. The fraction of sp³-hybridized carbons (Fsp3) is 0.727. The molecule has 0 aromatic heterocycles. The van der Waals surface area contributed by atoms with Crippen LogP contribution in [0.4, 0.5) is 0 Å². The third kappa shape index (κ3) is 3.14. The number of carbonyl (C=O) groups excluding carboxylic acids is 1. The van der Waals surface area contributed by atoms with Crippen molar-refractivity contribution in [2.24, 2.45) is 0 Å². The van der Waals surface area contributed by atoms with Crippen molar-refractivity contribution < 1.29 is 9.53 Å². The van der Waals surface area contributed by atoms with Gasteiger partial charge in [0.15, 0.2) is 0 Å². The van der Waals surface area contributed by atoms with Gasteiger partial charge in [0.2, 0.25) is 0 Å². The number of carbonyl (C=O) groups is 1. The smallest absolute Gasteiger partial charge is 0.334 e. The predicted octanol–water partition coefficient (Wildman–Crippen LogP) is 1.59. The van der Waals surface area contributed by atoms with Crippen LogP contribution in [-0.2, 0) is 9.53 Å². The van der Waals surface area contributed by atoms with E-state index in [0.717, 1.165) is 31.6 Å². The van der Waals surface area contributed by atoms with Gasteiger partial charge in [-0.15, -0.1) is 0 Å². The Morgan fingerprint density at radius 1 is 1.64 bits per heavy atom. The minimum atomic E-state index is -0.175. The second kappa shape index (κ2) is 5.81. The van der Waals surface area contributed by atoms with Gasteiger partial charge in [-0.25, -0.2) is 4.79 Å². The van der Waals surface area contributed by atoms with Crippen molar-refractivity contribution in [1.82, 2.24) is 4.90 Å². The first-order valence-corrected chi connectivity index (χ1v) is 5.27. The molecule has 3 heteroatoms. The summed E-state index contributed by atoms with van der Waals surface area (Å²) < 4.78 is 4.71. The van der Waals surface area contributed by atoms with E-state index in [4.69, 9.17) is 4.74 Å². The molecule has 14 heavy (non-hydrogen) atoms. The van der Waals surface area contributed by atoms with E-state index >= 15 is 0 Å². The minimum Gasteiger partial charge on any atom is -0.466 e. The minimum absolute atomic E-state index is 0.175. The predicted molar refractivity (Wildman–Crippen MR) is 56.1 cm³/mol. The molecule has 3 nitrogen and oxygen atoms in total. The first-order valence-electron chi connectivity index (χ1n) is 5.27. The number of ether oxygens (including phenoxy) is 1. The van der Waals surface area contributed by atoms with Gasteiger partial charge in [-0.3, -0.25) is 4.90 Å². The second-order valence-electron chi connectivity index (χ2n) is 3.64. The topological polar surface area (TPSA) is 29.5 Å². The maximum atomic E-state index is 11.3. The number of unbranched alkanes of at least 4 members (excludes halogenated alkanes) is 1. The molecular weight excluding hydrogens is 178 g/mol. The first-order chi connectivity index (χ1) is 6.77. The summed E-state index contributed by atoms with van der Waals surface area (Å²) in [5.41, 5.74) is 0.815. The molecule has 0 atom stereocenters. The van der Waals surface area contributed by atoms with Crippen LogP contribution in [0, 0.1) is 0 Å². The highest BCUT2D eigenvalue weighted by Crippen LogP contribution is 2.11. The van der Waals surface area contributed by atoms with Crippen molar-refractivity contribution in [2.45, 2.75) is 26.2 Å². The zero-order chi connectivity index (χ0) is 10.4. The highest BCUT2D eigenvalue weighted by atomic mass is 16.5. The zero-order valence-electron chi connectivity index (χ0n) is 9.08. The molecule has 0 saturated heterocycles. The Balaban J connectivity index is 2.41. The van der Waals surface area contributed by atoms with Gasteiger partial charge in [-0.05, 0) is 19.4 Å². The number of hydrogen-bond donors (Lipinski definition) is 0. The standard InChI is InChI=1S/C11H19NO2/c1-3-4-7-12-8-5-6-10(9-12)11(13)14-2/h6H,3-5,7-9H2,1-2H3. The van der Waals surface area contributed by atoms with Crippen molar-refractivity contribution in [3.8, 4) is 0 Å². The van der Waals surface area contributed by atoms with E-state index in [1.165, 1.54) is 20.0 Å². The Morgan fingerprint density at radius 2 is 2.43 bits per heavy atom. The van der Waals surface area contributed by atoms with Crippen LogP contribution in [0.15, 0.2) is 11.6 Å². The summed E-state index contributed by atoms with van der Waals surface area (Å²) in [7, 11) is 1.44. The van der Waals surface area contributed by atoms with Crippen molar-refractivity contribution in [3.05, 3.63) is 11.6 Å². The Kier molecular flexibility index (Phi) is 4.66. The van der Waals surface area contributed by atoms with Crippen molar-refractivity contribution in [1.29, 1.82) is 0 Å². The van der Waals surface area contributed by atoms with Crippen LogP contribution < -0.4 is 0 Å². The van der Waals surface area contributed by atoms with Gasteiger partial charge in [0.1, 0.15) is 0 Å². The van der Waals surface area contributed by atoms with Crippen LogP contribution >= 0.6 is 0 Å². The van der Waals surface area contributed by atoms with E-state index in [9.17, 15) is 4.79 Å². The molecule has 0 aromatic carbocycles. The molecular formula is C11H19NO2. The van der Waals surface area contributed by atoms with E-state index in [-0.39, 0.29) is 5.97 Å². The Bertz CT molecular complexity index is 223. The molecule has 0 saturated carbocycles. The lowest BCUT2D eigenvalue weighted by atomic mass is 10.1. The summed E-state index contributed by atoms with van der Waals surface area (Å²) in [5, 5.41) is 0. The first kappa shape index (κ1) is 11.2. The molecule has 1 aliphatic rings. The van der Waals surface area contributed by atoms with Gasteiger partial charge < -0.3 is 4.74 Å². The van der Waals surface area contributed by atoms with Crippen LogP contribution in [0.1, 0.15) is 26.2 Å². The largest absolute Gasteiger partial charge is 0.466 e. The van der Waals surface area contributed by atoms with E-state index in [1.807, 2.05) is 6.08 Å². The van der Waals surface area contributed by atoms with Crippen LogP contribution in [0.2, 0.25) is 0 Å². The van der Waals surface area contributed by atoms with Gasteiger partial charge in [-0.1, -0.05) is 19.4 Å². The highest BCUT2D eigenvalue weighted by molar-refractivity contribution is 5.88. The Labute approximate surface area is 85.7 Å². The summed E-state index contributed by atoms with van der Waals surface area (Å²) in [4.78, 5) is 13.6. The molecule has 80 valence electrons. The van der Waals surface area contributed by atoms with Gasteiger partial charge in [0.05, 0.1) is 7.11 Å². The van der Waals surface area contributed by atoms with E-state index < -0.39 is 0 Å². The number of esters is 1. The highest BCUT2D eigenvalue weighted by Gasteiger charge is 2.17. The van der Waals surface area contributed by atoms with Crippen LogP contribution in [0.3, 0.4) is 0 Å². The molecule has 0 spiro atoms. The molecule has 1 rings (SSSR count). The normalized spacial score (nSPS) is 17.7. The van der Waals surface area contributed by atoms with Gasteiger partial charge >= 0.3 is 5.97 Å². The summed E-state index contributed by atoms with van der Waals surface area (Å²) in [6.45, 7) is 5.10. The van der Waals surface area contributed by atoms with Gasteiger partial charge in [-0.2, -0.15) is 0 Å². The molecule has 0 radical (unpaired) electrons. The lowest BCUT2D eigenvalue weighted by Crippen LogP contribution is -2.33. The second-order valence-corrected chi connectivity index (χ2v) is 3.64. The molecule has 0 aromatic rings. The molecule has 0 amide bonds. The van der Waals surface area contributed by atoms with Crippen molar-refractivity contribution >= 4 is 5.97 Å². The fourth-order valence-electron chi connectivity index (χ4n) is 1.66. The lowest BCUT2D eigenvalue weighted by Gasteiger charge is -2.25. The maximum absolute atomic E-state index is 11.3. The van der Waals surface area contributed by atoms with Crippen LogP contribution in [-0.4, -0.2) is 37.6 Å². The van der Waals surface area contributed by atoms with E-state index in [2.05, 4.69) is 11.8 Å². The van der Waals surface area contributed by atoms with E-state index in [0.29, 0.717) is 0 Å². The number of nitrogens with zero attached hydrogens (tertiary/aromatic N) is 1. The van der Waals surface area contributed by atoms with Crippen LogP contribution in [0.25, 0.3) is 0 Å². The molecule has 0 N–H and O–H groups in total. The number of methoxy groups -OCH3 is 1. The van der Waals surface area contributed by atoms with Crippen LogP contribution in [0.5, 0.6) is 0 Å². The molecule has 0 bridgehead atoms. The third-order valence-corrected chi connectivity index (χ3v) is 2.51. The van der Waals surface area contributed by atoms with Gasteiger partial charge in [0, 0.05) is 18.7 Å². The van der Waals surface area contributed by atoms with E-state index in [1.54, 1.807) is 0 Å². The Morgan fingerprint density at radius 3 is 3.07 bits per heavy atom. The Hall–Kier alpha value is -0.830. The molecule has 0 fully saturated rings.